The molecular formula is C16H19N3O2. The zero-order valence-electron chi connectivity index (χ0n) is 12.5. The summed E-state index contributed by atoms with van der Waals surface area (Å²) in [4.78, 5) is 15.6. The second-order valence-corrected chi connectivity index (χ2v) is 5.82. The van der Waals surface area contributed by atoms with E-state index in [1.165, 1.54) is 11.1 Å². The van der Waals surface area contributed by atoms with Crippen LogP contribution in [0.2, 0.25) is 0 Å². The van der Waals surface area contributed by atoms with E-state index >= 15 is 0 Å². The predicted octanol–water partition coefficient (Wildman–Crippen LogP) is 2.98. The zero-order chi connectivity index (χ0) is 15.0. The van der Waals surface area contributed by atoms with Crippen LogP contribution in [0.3, 0.4) is 0 Å². The van der Waals surface area contributed by atoms with Gasteiger partial charge in [0.25, 0.3) is 0 Å². The molecule has 1 aliphatic carbocycles. The van der Waals surface area contributed by atoms with Gasteiger partial charge in [0.1, 0.15) is 0 Å². The summed E-state index contributed by atoms with van der Waals surface area (Å²) in [5.74, 6) is 1.52. The Labute approximate surface area is 123 Å². The van der Waals surface area contributed by atoms with E-state index in [2.05, 4.69) is 27.6 Å². The van der Waals surface area contributed by atoms with Crippen LogP contribution >= 0.6 is 0 Å². The van der Waals surface area contributed by atoms with Gasteiger partial charge >= 0.3 is 0 Å². The molecule has 0 saturated heterocycles. The summed E-state index contributed by atoms with van der Waals surface area (Å²) in [6, 6.07) is 6.28. The molecule has 0 fully saturated rings. The summed E-state index contributed by atoms with van der Waals surface area (Å²) in [6.45, 7) is 5.61. The Kier molecular flexibility index (Phi) is 3.49. The van der Waals surface area contributed by atoms with E-state index in [1.807, 2.05) is 19.9 Å². The van der Waals surface area contributed by atoms with E-state index in [0.29, 0.717) is 11.7 Å². The number of carbonyl (C=O) groups is 1. The Morgan fingerprint density at radius 2 is 2.24 bits per heavy atom. The van der Waals surface area contributed by atoms with E-state index in [9.17, 15) is 4.79 Å². The third kappa shape index (κ3) is 2.68. The molecule has 0 spiro atoms. The van der Waals surface area contributed by atoms with Gasteiger partial charge in [0.05, 0.1) is 6.04 Å². The number of rotatable bonds is 3. The van der Waals surface area contributed by atoms with Gasteiger partial charge < -0.3 is 9.84 Å². The maximum Gasteiger partial charge on any atom is 0.229 e. The summed E-state index contributed by atoms with van der Waals surface area (Å²) in [7, 11) is 0. The Balaban J connectivity index is 1.88. The highest BCUT2D eigenvalue weighted by Crippen LogP contribution is 2.33. The van der Waals surface area contributed by atoms with Crippen molar-refractivity contribution in [1.29, 1.82) is 0 Å². The minimum atomic E-state index is 0.0108. The molecular weight excluding hydrogens is 266 g/mol. The van der Waals surface area contributed by atoms with Crippen LogP contribution in [0.25, 0.3) is 11.4 Å². The molecule has 1 aromatic carbocycles. The van der Waals surface area contributed by atoms with E-state index in [4.69, 9.17) is 4.52 Å². The molecule has 1 atom stereocenters. The van der Waals surface area contributed by atoms with Crippen molar-refractivity contribution in [3.63, 3.8) is 0 Å². The zero-order valence-corrected chi connectivity index (χ0v) is 12.5. The number of nitrogens with zero attached hydrogens (tertiary/aromatic N) is 2. The normalized spacial score (nSPS) is 17.0. The second kappa shape index (κ2) is 5.31. The van der Waals surface area contributed by atoms with Gasteiger partial charge in [-0.25, -0.2) is 0 Å². The van der Waals surface area contributed by atoms with Crippen molar-refractivity contribution in [2.24, 2.45) is 0 Å². The number of benzene rings is 1. The molecule has 21 heavy (non-hydrogen) atoms. The van der Waals surface area contributed by atoms with Gasteiger partial charge in [-0.05, 0) is 30.0 Å². The van der Waals surface area contributed by atoms with Crippen molar-refractivity contribution in [2.75, 3.05) is 0 Å². The van der Waals surface area contributed by atoms with Crippen molar-refractivity contribution in [1.82, 2.24) is 15.5 Å². The fourth-order valence-electron chi connectivity index (χ4n) is 2.74. The van der Waals surface area contributed by atoms with Crippen molar-refractivity contribution >= 4 is 5.91 Å². The van der Waals surface area contributed by atoms with Crippen LogP contribution in [-0.4, -0.2) is 16.0 Å². The Morgan fingerprint density at radius 3 is 2.90 bits per heavy atom. The number of hydrogen-bond acceptors (Lipinski definition) is 4. The molecule has 1 N–H and O–H groups in total. The smallest absolute Gasteiger partial charge is 0.229 e. The topological polar surface area (TPSA) is 68.0 Å². The molecule has 1 aliphatic rings. The Bertz CT molecular complexity index is 676. The Morgan fingerprint density at radius 1 is 1.43 bits per heavy atom. The van der Waals surface area contributed by atoms with Crippen LogP contribution in [-0.2, 0) is 11.2 Å². The summed E-state index contributed by atoms with van der Waals surface area (Å²) in [5.41, 5.74) is 3.41. The third-order valence-corrected chi connectivity index (χ3v) is 3.79. The molecule has 110 valence electrons. The van der Waals surface area contributed by atoms with Crippen LogP contribution < -0.4 is 5.32 Å². The minimum absolute atomic E-state index is 0.0108. The monoisotopic (exact) mass is 285 g/mol. The average Bonchev–Trinajstić information content (AvgIpc) is 3.05. The number of nitrogens with one attached hydrogen (secondary N) is 1. The first kappa shape index (κ1) is 13.8. The van der Waals surface area contributed by atoms with Gasteiger partial charge in [-0.2, -0.15) is 4.98 Å². The number of carbonyl (C=O) groups excluding carboxylic acids is 1. The minimum Gasteiger partial charge on any atom is -0.350 e. The molecule has 1 heterocycles. The maximum atomic E-state index is 11.2. The molecule has 0 saturated carbocycles. The summed E-state index contributed by atoms with van der Waals surface area (Å²) < 4.78 is 5.26. The molecule has 0 radical (unpaired) electrons. The van der Waals surface area contributed by atoms with Gasteiger partial charge in [0.15, 0.2) is 0 Å². The van der Waals surface area contributed by atoms with Gasteiger partial charge in [0, 0.05) is 18.4 Å². The van der Waals surface area contributed by atoms with Crippen molar-refractivity contribution < 1.29 is 9.32 Å². The lowest BCUT2D eigenvalue weighted by molar-refractivity contribution is -0.119. The molecule has 1 aromatic heterocycles. The summed E-state index contributed by atoms with van der Waals surface area (Å²) in [5, 5.41) is 7.03. The molecule has 3 rings (SSSR count). The fourth-order valence-corrected chi connectivity index (χ4v) is 2.74. The van der Waals surface area contributed by atoms with E-state index in [-0.39, 0.29) is 17.9 Å². The highest BCUT2D eigenvalue weighted by atomic mass is 16.5. The molecule has 0 unspecified atom stereocenters. The van der Waals surface area contributed by atoms with Crippen LogP contribution in [0, 0.1) is 0 Å². The number of amides is 1. The first-order chi connectivity index (χ1) is 10.0. The van der Waals surface area contributed by atoms with Gasteiger partial charge in [-0.1, -0.05) is 31.1 Å². The molecule has 2 aromatic rings. The van der Waals surface area contributed by atoms with Crippen molar-refractivity contribution in [3.8, 4) is 11.4 Å². The summed E-state index contributed by atoms with van der Waals surface area (Å²) >= 11 is 0. The molecule has 0 bridgehead atoms. The van der Waals surface area contributed by atoms with Crippen LogP contribution in [0.1, 0.15) is 56.2 Å². The largest absolute Gasteiger partial charge is 0.350 e. The lowest BCUT2D eigenvalue weighted by Crippen LogP contribution is -2.24. The van der Waals surface area contributed by atoms with Crippen molar-refractivity contribution in [3.05, 3.63) is 35.2 Å². The standard InChI is InChI=1S/C16H19N3O2/c1-9(2)16-18-15(19-21-16)12-4-6-13-11(8-12)5-7-14(13)17-10(3)20/h4,6,8-9,14H,5,7H2,1-3H3,(H,17,20)/t14-/m1/s1. The molecule has 1 amide bonds. The number of fused-ring (bicyclic) bond motifs is 1. The quantitative estimate of drug-likeness (QED) is 0.941. The predicted molar refractivity (Wildman–Crippen MR) is 78.7 cm³/mol. The fraction of sp³-hybridized carbons (Fsp3) is 0.438. The molecule has 5 nitrogen and oxygen atoms in total. The van der Waals surface area contributed by atoms with Crippen LogP contribution in [0.15, 0.2) is 22.7 Å². The average molecular weight is 285 g/mol. The van der Waals surface area contributed by atoms with Gasteiger partial charge in [-0.3, -0.25) is 4.79 Å². The van der Waals surface area contributed by atoms with Gasteiger partial charge in [-0.15, -0.1) is 0 Å². The first-order valence-corrected chi connectivity index (χ1v) is 7.28. The van der Waals surface area contributed by atoms with E-state index in [0.717, 1.165) is 18.4 Å². The van der Waals surface area contributed by atoms with Crippen molar-refractivity contribution in [2.45, 2.75) is 45.6 Å². The number of aromatic nitrogens is 2. The molecule has 0 aliphatic heterocycles. The lowest BCUT2D eigenvalue weighted by atomic mass is 10.0. The van der Waals surface area contributed by atoms with Gasteiger partial charge in [0.2, 0.25) is 17.6 Å². The molecule has 5 heteroatoms. The van der Waals surface area contributed by atoms with E-state index in [1.54, 1.807) is 6.92 Å². The first-order valence-electron chi connectivity index (χ1n) is 7.28. The second-order valence-electron chi connectivity index (χ2n) is 5.82. The maximum absolute atomic E-state index is 11.2. The van der Waals surface area contributed by atoms with Crippen LogP contribution in [0.5, 0.6) is 0 Å². The van der Waals surface area contributed by atoms with E-state index < -0.39 is 0 Å². The number of aryl methyl sites for hydroxylation is 1. The summed E-state index contributed by atoms with van der Waals surface area (Å²) in [6.07, 6.45) is 1.91. The highest BCUT2D eigenvalue weighted by Gasteiger charge is 2.24. The Hall–Kier alpha value is -2.17. The van der Waals surface area contributed by atoms with Crippen LogP contribution in [0.4, 0.5) is 0 Å². The number of hydrogen-bond donors (Lipinski definition) is 1. The highest BCUT2D eigenvalue weighted by molar-refractivity contribution is 5.73. The lowest BCUT2D eigenvalue weighted by Gasteiger charge is -2.12. The third-order valence-electron chi connectivity index (χ3n) is 3.79. The SMILES string of the molecule is CC(=O)N[C@@H]1CCc2cc(-c3noc(C(C)C)n3)ccc21.